The van der Waals surface area contributed by atoms with Crippen molar-refractivity contribution >= 4 is 46.0 Å². The Bertz CT molecular complexity index is 1150. The smallest absolute Gasteiger partial charge is 0.274 e. The second-order valence-electron chi connectivity index (χ2n) is 9.74. The number of pyridine rings is 1. The normalized spacial score (nSPS) is 24.8. The van der Waals surface area contributed by atoms with E-state index in [1.165, 1.54) is 42.2 Å². The van der Waals surface area contributed by atoms with E-state index in [4.69, 9.17) is 17.3 Å². The fourth-order valence-corrected chi connectivity index (χ4v) is 5.22. The molecule has 1 aliphatic heterocycles. The lowest BCUT2D eigenvalue weighted by Crippen LogP contribution is -2.59. The Morgan fingerprint density at radius 3 is 2.47 bits per heavy atom. The van der Waals surface area contributed by atoms with Crippen LogP contribution >= 0.6 is 23.4 Å². The highest BCUT2D eigenvalue weighted by Crippen LogP contribution is 2.50. The first-order chi connectivity index (χ1) is 15.7. The van der Waals surface area contributed by atoms with E-state index in [1.54, 1.807) is 19.9 Å². The third kappa shape index (κ3) is 5.20. The van der Waals surface area contributed by atoms with Crippen molar-refractivity contribution in [1.29, 1.82) is 0 Å². The first-order valence-electron chi connectivity index (χ1n) is 10.8. The van der Waals surface area contributed by atoms with Crippen molar-refractivity contribution in [3.63, 3.8) is 0 Å². The topological polar surface area (TPSA) is 109 Å². The summed E-state index contributed by atoms with van der Waals surface area (Å²) in [4.78, 5) is 34.5. The summed E-state index contributed by atoms with van der Waals surface area (Å²) in [5.41, 5.74) is 5.30. The molecule has 0 saturated heterocycles. The van der Waals surface area contributed by atoms with Crippen LogP contribution in [0.4, 0.5) is 10.1 Å². The Morgan fingerprint density at radius 2 is 1.88 bits per heavy atom. The number of nitrogens with zero attached hydrogens (tertiary/aromatic N) is 2. The molecule has 0 fully saturated rings. The molecule has 2 aromatic rings. The lowest BCUT2D eigenvalue weighted by molar-refractivity contribution is -0.126. The number of amides is 2. The van der Waals surface area contributed by atoms with Crippen LogP contribution in [0.1, 0.15) is 57.6 Å². The molecule has 1 aromatic carbocycles. The summed E-state index contributed by atoms with van der Waals surface area (Å²) in [6, 6.07) is 7.29. The van der Waals surface area contributed by atoms with Gasteiger partial charge in [-0.3, -0.25) is 14.6 Å². The fraction of sp³-hybridized carbons (Fsp3) is 0.417. The monoisotopic (exact) mass is 505 g/mol. The maximum absolute atomic E-state index is 15.2. The van der Waals surface area contributed by atoms with E-state index < -0.39 is 33.5 Å². The number of hydrogen-bond donors (Lipinski definition) is 3. The molecule has 0 saturated carbocycles. The highest BCUT2D eigenvalue weighted by molar-refractivity contribution is 8.15. The standard InChI is InChI=1S/C24H29ClFN5O2S/c1-13-23(5,31-21(27)34-24(13,6)20(33)30-22(2,3)4)16-11-15(8-9-17(16)26)29-19(32)18-10-7-14(25)12-28-18/h7-13H,1-6H3,(H2,27,31)(H,29,32)(H,30,33)/t13-,23-,24-/m0/s1. The van der Waals surface area contributed by atoms with Gasteiger partial charge in [-0.2, -0.15) is 0 Å². The fourth-order valence-electron chi connectivity index (χ4n) is 3.89. The average Bonchev–Trinajstić information content (AvgIpc) is 2.72. The summed E-state index contributed by atoms with van der Waals surface area (Å²) in [5, 5.41) is 6.33. The Balaban J connectivity index is 1.98. The third-order valence-corrected chi connectivity index (χ3v) is 7.48. The van der Waals surface area contributed by atoms with Gasteiger partial charge in [0.15, 0.2) is 5.17 Å². The van der Waals surface area contributed by atoms with Crippen molar-refractivity contribution in [2.75, 3.05) is 5.32 Å². The summed E-state index contributed by atoms with van der Waals surface area (Å²) < 4.78 is 14.2. The quantitative estimate of drug-likeness (QED) is 0.557. The van der Waals surface area contributed by atoms with Crippen molar-refractivity contribution in [2.24, 2.45) is 16.6 Å². The van der Waals surface area contributed by atoms with Crippen LogP contribution in [0, 0.1) is 11.7 Å². The first-order valence-corrected chi connectivity index (χ1v) is 11.9. The number of aromatic nitrogens is 1. The number of benzene rings is 1. The minimum atomic E-state index is -1.16. The van der Waals surface area contributed by atoms with Crippen LogP contribution in [0.2, 0.25) is 5.02 Å². The van der Waals surface area contributed by atoms with Crippen LogP contribution in [-0.2, 0) is 10.3 Å². The number of thioether (sulfide) groups is 1. The van der Waals surface area contributed by atoms with Gasteiger partial charge in [0.1, 0.15) is 16.3 Å². The summed E-state index contributed by atoms with van der Waals surface area (Å²) in [5.74, 6) is -1.64. The maximum Gasteiger partial charge on any atom is 0.274 e. The molecule has 1 aromatic heterocycles. The zero-order chi connectivity index (χ0) is 25.5. The molecule has 34 heavy (non-hydrogen) atoms. The van der Waals surface area contributed by atoms with Gasteiger partial charge >= 0.3 is 0 Å². The summed E-state index contributed by atoms with van der Waals surface area (Å²) in [6.45, 7) is 11.1. The molecule has 0 aliphatic carbocycles. The lowest BCUT2D eigenvalue weighted by Gasteiger charge is -2.47. The van der Waals surface area contributed by atoms with Crippen LogP contribution in [0.5, 0.6) is 0 Å². The molecular weight excluding hydrogens is 477 g/mol. The number of halogens is 2. The molecule has 1 aliphatic rings. The van der Waals surface area contributed by atoms with Gasteiger partial charge < -0.3 is 16.4 Å². The number of anilines is 1. The number of carbonyl (C=O) groups excluding carboxylic acids is 2. The van der Waals surface area contributed by atoms with Gasteiger partial charge in [-0.05, 0) is 65.0 Å². The Kier molecular flexibility index (Phi) is 7.01. The highest BCUT2D eigenvalue weighted by atomic mass is 35.5. The predicted octanol–water partition coefficient (Wildman–Crippen LogP) is 4.71. The predicted molar refractivity (Wildman–Crippen MR) is 136 cm³/mol. The van der Waals surface area contributed by atoms with E-state index in [2.05, 4.69) is 20.6 Å². The van der Waals surface area contributed by atoms with Crippen LogP contribution in [0.15, 0.2) is 41.5 Å². The molecule has 4 N–H and O–H groups in total. The maximum atomic E-state index is 15.2. The second kappa shape index (κ2) is 9.19. The van der Waals surface area contributed by atoms with Crippen molar-refractivity contribution < 1.29 is 14.0 Å². The molecule has 182 valence electrons. The summed E-state index contributed by atoms with van der Waals surface area (Å²) in [6.07, 6.45) is 1.37. The number of amidine groups is 1. The van der Waals surface area contributed by atoms with E-state index in [0.717, 1.165) is 0 Å². The largest absolute Gasteiger partial charge is 0.378 e. The molecule has 0 spiro atoms. The van der Waals surface area contributed by atoms with Crippen molar-refractivity contribution in [3.8, 4) is 0 Å². The molecule has 3 rings (SSSR count). The van der Waals surface area contributed by atoms with E-state index >= 15 is 4.39 Å². The Hall–Kier alpha value is -2.65. The van der Waals surface area contributed by atoms with Gasteiger partial charge in [-0.15, -0.1) is 0 Å². The number of aliphatic imine (C=N–C) groups is 1. The van der Waals surface area contributed by atoms with Crippen LogP contribution in [-0.4, -0.2) is 32.3 Å². The number of rotatable bonds is 4. The van der Waals surface area contributed by atoms with Gasteiger partial charge in [0.05, 0.1) is 10.6 Å². The van der Waals surface area contributed by atoms with E-state index in [1.807, 2.05) is 27.7 Å². The highest BCUT2D eigenvalue weighted by Gasteiger charge is 2.54. The molecule has 10 heteroatoms. The molecule has 0 unspecified atom stereocenters. The molecule has 7 nitrogen and oxygen atoms in total. The van der Waals surface area contributed by atoms with E-state index in [-0.39, 0.29) is 22.3 Å². The Labute approximate surface area is 208 Å². The second-order valence-corrected chi connectivity index (χ2v) is 11.6. The van der Waals surface area contributed by atoms with Gasteiger partial charge in [-0.1, -0.05) is 30.3 Å². The summed E-state index contributed by atoms with van der Waals surface area (Å²) in [7, 11) is 0. The molecule has 0 bridgehead atoms. The minimum Gasteiger partial charge on any atom is -0.378 e. The number of nitrogens with two attached hydrogens (primary N) is 1. The van der Waals surface area contributed by atoms with Crippen LogP contribution in [0.25, 0.3) is 0 Å². The van der Waals surface area contributed by atoms with Gasteiger partial charge in [0, 0.05) is 28.9 Å². The zero-order valence-electron chi connectivity index (χ0n) is 20.0. The molecule has 3 atom stereocenters. The SMILES string of the molecule is C[C@@H]1[C@@](C)(C(=O)NC(C)(C)C)SC(N)=N[C@]1(C)c1cc(NC(=O)c2ccc(Cl)cn2)ccc1F. The lowest BCUT2D eigenvalue weighted by atomic mass is 9.73. The minimum absolute atomic E-state index is 0.164. The van der Waals surface area contributed by atoms with Crippen molar-refractivity contribution in [1.82, 2.24) is 10.3 Å². The van der Waals surface area contributed by atoms with Gasteiger partial charge in [0.25, 0.3) is 5.91 Å². The number of carbonyl (C=O) groups is 2. The Morgan fingerprint density at radius 1 is 1.21 bits per heavy atom. The van der Waals surface area contributed by atoms with Gasteiger partial charge in [0.2, 0.25) is 5.91 Å². The molecule has 0 radical (unpaired) electrons. The zero-order valence-corrected chi connectivity index (χ0v) is 21.6. The molecule has 2 heterocycles. The van der Waals surface area contributed by atoms with E-state index in [9.17, 15) is 9.59 Å². The molecular formula is C24H29ClFN5O2S. The molecule has 2 amide bonds. The van der Waals surface area contributed by atoms with E-state index in [0.29, 0.717) is 10.7 Å². The first kappa shape index (κ1) is 26.0. The summed E-state index contributed by atoms with van der Waals surface area (Å²) >= 11 is 7.00. The average molecular weight is 506 g/mol. The van der Waals surface area contributed by atoms with Crippen LogP contribution < -0.4 is 16.4 Å². The van der Waals surface area contributed by atoms with Crippen molar-refractivity contribution in [2.45, 2.75) is 57.4 Å². The number of nitrogens with one attached hydrogen (secondary N) is 2. The van der Waals surface area contributed by atoms with Crippen molar-refractivity contribution in [3.05, 3.63) is 58.6 Å². The van der Waals surface area contributed by atoms with Gasteiger partial charge in [-0.25, -0.2) is 9.37 Å². The number of hydrogen-bond acceptors (Lipinski definition) is 6. The van der Waals surface area contributed by atoms with Crippen LogP contribution in [0.3, 0.4) is 0 Å². The third-order valence-electron chi connectivity index (χ3n) is 6.00.